The molecule has 31 heavy (non-hydrogen) atoms. The van der Waals surface area contributed by atoms with Crippen LogP contribution < -0.4 is 16.0 Å². The summed E-state index contributed by atoms with van der Waals surface area (Å²) >= 11 is 0. The largest absolute Gasteiger partial charge is 0.457 e. The van der Waals surface area contributed by atoms with E-state index < -0.39 is 54.0 Å². The molecular weight excluding hydrogens is 442 g/mol. The van der Waals surface area contributed by atoms with Gasteiger partial charge in [0.15, 0.2) is 0 Å². The molecule has 9 nitrogen and oxygen atoms in total. The highest BCUT2D eigenvalue weighted by Gasteiger charge is 2.32. The number of fused-ring (bicyclic) bond motifs is 7. The van der Waals surface area contributed by atoms with Gasteiger partial charge in [0.2, 0.25) is 17.7 Å². The summed E-state index contributed by atoms with van der Waals surface area (Å²) in [6, 6.07) is -2.44. The fraction of sp³-hybridized carbons (Fsp3) is 0.700. The fourth-order valence-corrected chi connectivity index (χ4v) is 5.36. The summed E-state index contributed by atoms with van der Waals surface area (Å²) in [6.07, 6.45) is 1.72. The van der Waals surface area contributed by atoms with Crippen molar-refractivity contribution >= 4 is 45.3 Å². The molecule has 1 fully saturated rings. The summed E-state index contributed by atoms with van der Waals surface area (Å²) < 4.78 is 5.43. The highest BCUT2D eigenvalue weighted by molar-refractivity contribution is 8.76. The number of ether oxygens (including phenoxy) is 1. The number of esters is 1. The third-order valence-electron chi connectivity index (χ3n) is 4.93. The predicted molar refractivity (Wildman–Crippen MR) is 120 cm³/mol. The lowest BCUT2D eigenvalue weighted by Crippen LogP contribution is -2.57. The Balaban J connectivity index is 2.41. The Morgan fingerprint density at radius 2 is 1.81 bits per heavy atom. The van der Waals surface area contributed by atoms with E-state index in [2.05, 4.69) is 16.0 Å². The molecule has 0 aliphatic carbocycles. The summed E-state index contributed by atoms with van der Waals surface area (Å²) in [4.78, 5) is 50.4. The standard InChI is InChI=1S/C20H31N3O6S2/c1-11(2)18-15(24)9-17(26)29-13-6-4-5-7-30-31-10-14(20(28)23-18)22-19(27)12(3)21-16(25)8-13/h4,6,11-15,18,24H,5,7-10H2,1-3H3,(H,21,25)(H,22,27)(H,23,28)/b6-4+/t12-,13?,14?,15-,18-/m0/s1. The zero-order valence-electron chi connectivity index (χ0n) is 18.0. The quantitative estimate of drug-likeness (QED) is 0.246. The molecule has 0 radical (unpaired) electrons. The zero-order valence-corrected chi connectivity index (χ0v) is 19.6. The van der Waals surface area contributed by atoms with Crippen molar-refractivity contribution in [1.29, 1.82) is 0 Å². The molecule has 3 amide bonds. The number of hydrogen-bond donors (Lipinski definition) is 4. The Labute approximate surface area is 190 Å². The summed E-state index contributed by atoms with van der Waals surface area (Å²) in [5.74, 6) is -1.17. The topological polar surface area (TPSA) is 134 Å². The van der Waals surface area contributed by atoms with Gasteiger partial charge in [-0.15, -0.1) is 0 Å². The molecule has 2 rings (SSSR count). The van der Waals surface area contributed by atoms with E-state index in [0.717, 1.165) is 5.75 Å². The number of nitrogens with one attached hydrogen (secondary N) is 3. The maximum absolute atomic E-state index is 13.0. The van der Waals surface area contributed by atoms with Crippen LogP contribution in [-0.2, 0) is 23.9 Å². The Bertz CT molecular complexity index is 702. The van der Waals surface area contributed by atoms with Gasteiger partial charge in [-0.1, -0.05) is 41.5 Å². The molecular formula is C20H31N3O6S2. The van der Waals surface area contributed by atoms with Crippen LogP contribution in [0.5, 0.6) is 0 Å². The van der Waals surface area contributed by atoms with Gasteiger partial charge in [0.25, 0.3) is 0 Å². The molecule has 2 unspecified atom stereocenters. The first-order chi connectivity index (χ1) is 14.7. The smallest absolute Gasteiger partial charge is 0.309 e. The highest BCUT2D eigenvalue weighted by atomic mass is 33.1. The lowest BCUT2D eigenvalue weighted by molar-refractivity contribution is -0.151. The van der Waals surface area contributed by atoms with Crippen LogP contribution in [0.3, 0.4) is 0 Å². The van der Waals surface area contributed by atoms with E-state index in [9.17, 15) is 24.3 Å². The Hall–Kier alpha value is -1.72. The lowest BCUT2D eigenvalue weighted by atomic mass is 9.96. The van der Waals surface area contributed by atoms with Crippen LogP contribution in [0, 0.1) is 5.92 Å². The van der Waals surface area contributed by atoms with Crippen LogP contribution >= 0.6 is 21.6 Å². The van der Waals surface area contributed by atoms with Crippen LogP contribution in [0.25, 0.3) is 0 Å². The molecule has 0 aromatic rings. The van der Waals surface area contributed by atoms with E-state index in [1.54, 1.807) is 16.9 Å². The van der Waals surface area contributed by atoms with Gasteiger partial charge >= 0.3 is 5.97 Å². The molecule has 0 aromatic carbocycles. The molecule has 4 N–H and O–H groups in total. The highest BCUT2D eigenvalue weighted by Crippen LogP contribution is 2.24. The van der Waals surface area contributed by atoms with E-state index in [1.165, 1.54) is 17.7 Å². The minimum Gasteiger partial charge on any atom is -0.457 e. The number of aliphatic hydroxyl groups is 1. The summed E-state index contributed by atoms with van der Waals surface area (Å²) in [5, 5.41) is 18.7. The maximum atomic E-state index is 13.0. The molecule has 0 aromatic heterocycles. The second kappa shape index (κ2) is 12.4. The van der Waals surface area contributed by atoms with Crippen LogP contribution in [0.2, 0.25) is 0 Å². The number of carbonyl (C=O) groups excluding carboxylic acids is 4. The Morgan fingerprint density at radius 1 is 1.06 bits per heavy atom. The summed E-state index contributed by atoms with van der Waals surface area (Å²) in [6.45, 7) is 5.17. The van der Waals surface area contributed by atoms with Crippen molar-refractivity contribution in [1.82, 2.24) is 16.0 Å². The first kappa shape index (κ1) is 25.5. The molecule has 11 heteroatoms. The minimum absolute atomic E-state index is 0.147. The van der Waals surface area contributed by atoms with E-state index in [1.807, 2.05) is 19.9 Å². The number of carbonyl (C=O) groups is 4. The number of aliphatic hydroxyl groups excluding tert-OH is 1. The second-order valence-corrected chi connectivity index (χ2v) is 10.6. The Kier molecular flexibility index (Phi) is 10.2. The molecule has 1 saturated heterocycles. The van der Waals surface area contributed by atoms with Gasteiger partial charge < -0.3 is 25.8 Å². The van der Waals surface area contributed by atoms with E-state index in [4.69, 9.17) is 4.74 Å². The van der Waals surface area contributed by atoms with Gasteiger partial charge in [-0.2, -0.15) is 0 Å². The molecule has 2 bridgehead atoms. The van der Waals surface area contributed by atoms with Gasteiger partial charge in [-0.05, 0) is 25.3 Å². The molecule has 0 saturated carbocycles. The second-order valence-electron chi connectivity index (χ2n) is 7.96. The maximum Gasteiger partial charge on any atom is 0.309 e. The number of allylic oxidation sites excluding steroid dienone is 1. The lowest BCUT2D eigenvalue weighted by Gasteiger charge is -2.29. The fourth-order valence-electron chi connectivity index (χ4n) is 3.20. The molecule has 2 heterocycles. The van der Waals surface area contributed by atoms with Crippen molar-refractivity contribution in [2.24, 2.45) is 5.92 Å². The van der Waals surface area contributed by atoms with Gasteiger partial charge in [-0.25, -0.2) is 0 Å². The average molecular weight is 474 g/mol. The van der Waals surface area contributed by atoms with Crippen molar-refractivity contribution in [2.75, 3.05) is 11.5 Å². The van der Waals surface area contributed by atoms with Gasteiger partial charge in [0.05, 0.1) is 25.0 Å². The van der Waals surface area contributed by atoms with Crippen LogP contribution in [0.1, 0.15) is 40.0 Å². The molecule has 5 atom stereocenters. The molecule has 174 valence electrons. The van der Waals surface area contributed by atoms with Crippen LogP contribution in [0.15, 0.2) is 12.2 Å². The van der Waals surface area contributed by atoms with E-state index >= 15 is 0 Å². The summed E-state index contributed by atoms with van der Waals surface area (Å²) in [5.41, 5.74) is 0. The third kappa shape index (κ3) is 8.38. The number of amides is 3. The third-order valence-corrected chi connectivity index (χ3v) is 7.37. The number of hydrogen-bond acceptors (Lipinski definition) is 8. The summed E-state index contributed by atoms with van der Waals surface area (Å²) in [7, 11) is 3.02. The van der Waals surface area contributed by atoms with Crippen LogP contribution in [0.4, 0.5) is 0 Å². The minimum atomic E-state index is -1.18. The van der Waals surface area contributed by atoms with Gasteiger partial charge in [-0.3, -0.25) is 19.2 Å². The Morgan fingerprint density at radius 3 is 2.52 bits per heavy atom. The van der Waals surface area contributed by atoms with Gasteiger partial charge in [0.1, 0.15) is 18.2 Å². The van der Waals surface area contributed by atoms with Crippen molar-refractivity contribution in [3.63, 3.8) is 0 Å². The van der Waals surface area contributed by atoms with Crippen LogP contribution in [-0.4, -0.2) is 70.6 Å². The molecule has 0 spiro atoms. The van der Waals surface area contributed by atoms with Crippen molar-refractivity contribution in [3.05, 3.63) is 12.2 Å². The normalized spacial score (nSPS) is 33.1. The monoisotopic (exact) mass is 473 g/mol. The molecule has 2 aliphatic heterocycles. The SMILES string of the molecule is CC(C)[C@@H]1NC(=O)C2CSSCC/C=C/C(CC(=O)N[C@@H](C)C(=O)N2)OC(=O)C[C@@H]1O. The van der Waals surface area contributed by atoms with E-state index in [0.29, 0.717) is 12.2 Å². The van der Waals surface area contributed by atoms with Gasteiger partial charge in [0, 0.05) is 11.5 Å². The first-order valence-corrected chi connectivity index (χ1v) is 12.8. The van der Waals surface area contributed by atoms with Crippen molar-refractivity contribution < 1.29 is 29.0 Å². The van der Waals surface area contributed by atoms with Crippen molar-refractivity contribution in [2.45, 2.75) is 70.4 Å². The molecule has 2 aliphatic rings. The predicted octanol–water partition coefficient (Wildman–Crippen LogP) is 0.525. The average Bonchev–Trinajstić information content (AvgIpc) is 2.68. The van der Waals surface area contributed by atoms with Crippen molar-refractivity contribution in [3.8, 4) is 0 Å². The van der Waals surface area contributed by atoms with E-state index in [-0.39, 0.29) is 18.8 Å². The number of rotatable bonds is 1. The first-order valence-electron chi connectivity index (χ1n) is 10.4. The zero-order chi connectivity index (χ0) is 23.0.